The summed E-state index contributed by atoms with van der Waals surface area (Å²) in [6, 6.07) is 5.31. The zero-order chi connectivity index (χ0) is 12.4. The van der Waals surface area contributed by atoms with Gasteiger partial charge >= 0.3 is 6.16 Å². The molecule has 0 aliphatic rings. The maximum Gasteiger partial charge on any atom is 0.511 e. The molecule has 2 rings (SSSR count). The number of carbonyl (C=O) groups is 1. The number of nitrogens with zero attached hydrogens (tertiary/aromatic N) is 1. The van der Waals surface area contributed by atoms with E-state index in [0.29, 0.717) is 5.75 Å². The Balaban J connectivity index is 2.51. The Hall–Kier alpha value is -2.01. The van der Waals surface area contributed by atoms with Gasteiger partial charge in [0.15, 0.2) is 0 Å². The minimum Gasteiger partial charge on any atom is -0.449 e. The van der Waals surface area contributed by atoms with Crippen LogP contribution in [0.2, 0.25) is 0 Å². The van der Waals surface area contributed by atoms with Gasteiger partial charge in [0.1, 0.15) is 5.75 Å². The molecule has 0 fully saturated rings. The molecule has 0 amide bonds. The van der Waals surface area contributed by atoms with Crippen molar-refractivity contribution in [2.75, 3.05) is 14.1 Å². The number of benzene rings is 1. The third kappa shape index (κ3) is 2.39. The largest absolute Gasteiger partial charge is 0.511 e. The van der Waals surface area contributed by atoms with Crippen LogP contribution >= 0.6 is 0 Å². The van der Waals surface area contributed by atoms with Gasteiger partial charge in [0, 0.05) is 23.6 Å². The van der Waals surface area contributed by atoms with E-state index in [0.717, 1.165) is 23.0 Å². The lowest BCUT2D eigenvalue weighted by Gasteiger charge is -2.09. The predicted molar refractivity (Wildman–Crippen MR) is 64.3 cm³/mol. The smallest absolute Gasteiger partial charge is 0.449 e. The van der Waals surface area contributed by atoms with E-state index < -0.39 is 6.16 Å². The molecule has 0 bridgehead atoms. The van der Waals surface area contributed by atoms with Crippen LogP contribution in [0, 0.1) is 0 Å². The van der Waals surface area contributed by atoms with Crippen molar-refractivity contribution in [1.82, 2.24) is 9.88 Å². The Kier molecular flexibility index (Phi) is 3.01. The molecular formula is C12H14N2O3. The molecule has 2 aromatic rings. The van der Waals surface area contributed by atoms with Crippen molar-refractivity contribution in [3.8, 4) is 5.75 Å². The third-order valence-corrected chi connectivity index (χ3v) is 2.43. The molecule has 17 heavy (non-hydrogen) atoms. The zero-order valence-electron chi connectivity index (χ0n) is 9.73. The average Bonchev–Trinajstić information content (AvgIpc) is 2.61. The van der Waals surface area contributed by atoms with Crippen LogP contribution in [0.15, 0.2) is 24.4 Å². The molecule has 0 saturated heterocycles. The average molecular weight is 234 g/mol. The summed E-state index contributed by atoms with van der Waals surface area (Å²) >= 11 is 0. The summed E-state index contributed by atoms with van der Waals surface area (Å²) in [4.78, 5) is 15.7. The van der Waals surface area contributed by atoms with Crippen molar-refractivity contribution in [1.29, 1.82) is 0 Å². The SMILES string of the molecule is CN(C)Cc1c[nH]c2cccc(OC(=O)O)c12. The topological polar surface area (TPSA) is 65.6 Å². The van der Waals surface area contributed by atoms with Gasteiger partial charge in [0.2, 0.25) is 0 Å². The maximum absolute atomic E-state index is 10.6. The van der Waals surface area contributed by atoms with Crippen LogP contribution in [0.3, 0.4) is 0 Å². The summed E-state index contributed by atoms with van der Waals surface area (Å²) in [5.74, 6) is 0.369. The summed E-state index contributed by atoms with van der Waals surface area (Å²) in [6.07, 6.45) is 0.578. The molecular weight excluding hydrogens is 220 g/mol. The number of nitrogens with one attached hydrogen (secondary N) is 1. The molecule has 0 unspecified atom stereocenters. The molecule has 1 aromatic carbocycles. The second-order valence-corrected chi connectivity index (χ2v) is 4.10. The predicted octanol–water partition coefficient (Wildman–Crippen LogP) is 2.29. The highest BCUT2D eigenvalue weighted by Gasteiger charge is 2.12. The number of H-pyrrole nitrogens is 1. The summed E-state index contributed by atoms with van der Waals surface area (Å²) in [7, 11) is 3.92. The maximum atomic E-state index is 10.6. The number of rotatable bonds is 3. The minimum atomic E-state index is -1.30. The van der Waals surface area contributed by atoms with Crippen LogP contribution in [-0.2, 0) is 6.54 Å². The van der Waals surface area contributed by atoms with Crippen LogP contribution in [0.1, 0.15) is 5.56 Å². The molecule has 0 aliphatic carbocycles. The van der Waals surface area contributed by atoms with Gasteiger partial charge in [-0.25, -0.2) is 4.79 Å². The van der Waals surface area contributed by atoms with E-state index in [9.17, 15) is 4.79 Å². The van der Waals surface area contributed by atoms with E-state index >= 15 is 0 Å². The Bertz CT molecular complexity index is 546. The molecule has 0 atom stereocenters. The fraction of sp³-hybridized carbons (Fsp3) is 0.250. The van der Waals surface area contributed by atoms with Crippen molar-refractivity contribution >= 4 is 17.1 Å². The molecule has 5 nitrogen and oxygen atoms in total. The Morgan fingerprint density at radius 1 is 1.47 bits per heavy atom. The number of aromatic amines is 1. The Morgan fingerprint density at radius 3 is 2.88 bits per heavy atom. The first-order valence-corrected chi connectivity index (χ1v) is 5.22. The van der Waals surface area contributed by atoms with E-state index in [-0.39, 0.29) is 0 Å². The number of aromatic nitrogens is 1. The van der Waals surface area contributed by atoms with E-state index in [2.05, 4.69) is 4.98 Å². The second-order valence-electron chi connectivity index (χ2n) is 4.10. The summed E-state index contributed by atoms with van der Waals surface area (Å²) in [5, 5.41) is 9.52. The van der Waals surface area contributed by atoms with Gasteiger partial charge in [0.05, 0.1) is 0 Å². The monoisotopic (exact) mass is 234 g/mol. The number of ether oxygens (including phenoxy) is 1. The number of carboxylic acid groups (broad SMARTS) is 1. The van der Waals surface area contributed by atoms with Crippen LogP contribution in [0.4, 0.5) is 4.79 Å². The molecule has 0 saturated carbocycles. The fourth-order valence-corrected chi connectivity index (χ4v) is 1.86. The Labute approximate surface area is 98.6 Å². The lowest BCUT2D eigenvalue weighted by molar-refractivity contribution is 0.145. The summed E-state index contributed by atoms with van der Waals surface area (Å²) < 4.78 is 4.79. The van der Waals surface area contributed by atoms with E-state index in [4.69, 9.17) is 9.84 Å². The minimum absolute atomic E-state index is 0.369. The van der Waals surface area contributed by atoms with E-state index in [1.807, 2.05) is 31.3 Å². The first-order valence-electron chi connectivity index (χ1n) is 5.22. The first kappa shape index (κ1) is 11.5. The van der Waals surface area contributed by atoms with Gasteiger partial charge in [-0.2, -0.15) is 0 Å². The highest BCUT2D eigenvalue weighted by Crippen LogP contribution is 2.29. The molecule has 0 radical (unpaired) electrons. The molecule has 0 spiro atoms. The van der Waals surface area contributed by atoms with Gasteiger partial charge in [0.25, 0.3) is 0 Å². The summed E-state index contributed by atoms with van der Waals surface area (Å²) in [6.45, 7) is 0.722. The van der Waals surface area contributed by atoms with Crippen molar-refractivity contribution in [3.05, 3.63) is 30.0 Å². The number of hydrogen-bond donors (Lipinski definition) is 2. The van der Waals surface area contributed by atoms with Crippen LogP contribution < -0.4 is 4.74 Å². The number of fused-ring (bicyclic) bond motifs is 1. The van der Waals surface area contributed by atoms with E-state index in [1.54, 1.807) is 12.1 Å². The molecule has 1 aromatic heterocycles. The Morgan fingerprint density at radius 2 is 2.24 bits per heavy atom. The quantitative estimate of drug-likeness (QED) is 0.631. The second kappa shape index (κ2) is 4.47. The van der Waals surface area contributed by atoms with Gasteiger partial charge in [-0.1, -0.05) is 6.07 Å². The lowest BCUT2D eigenvalue weighted by Crippen LogP contribution is -2.10. The summed E-state index contributed by atoms with van der Waals surface area (Å²) in [5.41, 5.74) is 1.89. The van der Waals surface area contributed by atoms with Crippen molar-refractivity contribution in [2.24, 2.45) is 0 Å². The first-order chi connectivity index (χ1) is 8.08. The van der Waals surface area contributed by atoms with Gasteiger partial charge < -0.3 is 19.7 Å². The number of hydrogen-bond acceptors (Lipinski definition) is 3. The van der Waals surface area contributed by atoms with Crippen LogP contribution in [0.25, 0.3) is 10.9 Å². The van der Waals surface area contributed by atoms with Crippen molar-refractivity contribution in [2.45, 2.75) is 6.54 Å². The van der Waals surface area contributed by atoms with E-state index in [1.165, 1.54) is 0 Å². The third-order valence-electron chi connectivity index (χ3n) is 2.43. The van der Waals surface area contributed by atoms with Crippen LogP contribution in [0.5, 0.6) is 5.75 Å². The molecule has 0 aliphatic heterocycles. The molecule has 1 heterocycles. The molecule has 5 heteroatoms. The van der Waals surface area contributed by atoms with Crippen molar-refractivity contribution < 1.29 is 14.6 Å². The van der Waals surface area contributed by atoms with Crippen molar-refractivity contribution in [3.63, 3.8) is 0 Å². The fourth-order valence-electron chi connectivity index (χ4n) is 1.86. The normalized spacial score (nSPS) is 11.0. The lowest BCUT2D eigenvalue weighted by atomic mass is 10.1. The van der Waals surface area contributed by atoms with Crippen LogP contribution in [-0.4, -0.2) is 35.2 Å². The highest BCUT2D eigenvalue weighted by molar-refractivity contribution is 5.90. The van der Waals surface area contributed by atoms with Gasteiger partial charge in [-0.3, -0.25) is 0 Å². The molecule has 2 N–H and O–H groups in total. The zero-order valence-corrected chi connectivity index (χ0v) is 9.73. The standard InChI is InChI=1S/C12H14N2O3/c1-14(2)7-8-6-13-9-4-3-5-10(11(8)9)17-12(15)16/h3-6,13H,7H2,1-2H3,(H,15,16). The van der Waals surface area contributed by atoms with Gasteiger partial charge in [-0.15, -0.1) is 0 Å². The van der Waals surface area contributed by atoms with Gasteiger partial charge in [-0.05, 0) is 31.8 Å². The highest BCUT2D eigenvalue weighted by atomic mass is 16.7. The molecule has 90 valence electrons.